The van der Waals surface area contributed by atoms with Gasteiger partial charge < -0.3 is 15.1 Å². The molecule has 0 radical (unpaired) electrons. The third kappa shape index (κ3) is 4.49. The van der Waals surface area contributed by atoms with Gasteiger partial charge in [-0.2, -0.15) is 5.10 Å². The maximum absolute atomic E-state index is 13.2. The van der Waals surface area contributed by atoms with Gasteiger partial charge in [0.05, 0.1) is 17.5 Å². The number of amides is 2. The highest BCUT2D eigenvalue weighted by atomic mass is 16.3. The number of carbonyl (C=O) groups is 2. The fraction of sp³-hybridized carbons (Fsp3) is 0. The number of furan rings is 1. The summed E-state index contributed by atoms with van der Waals surface area (Å²) >= 11 is 0. The summed E-state index contributed by atoms with van der Waals surface area (Å²) in [6.07, 6.45) is 3.17. The van der Waals surface area contributed by atoms with Crippen molar-refractivity contribution in [3.8, 4) is 16.9 Å². The Bertz CT molecular complexity index is 1410. The molecule has 0 aliphatic heterocycles. The van der Waals surface area contributed by atoms with Crippen molar-refractivity contribution in [2.75, 3.05) is 10.6 Å². The molecule has 5 rings (SSSR count). The predicted molar refractivity (Wildman–Crippen MR) is 130 cm³/mol. The van der Waals surface area contributed by atoms with Gasteiger partial charge in [-0.3, -0.25) is 9.59 Å². The van der Waals surface area contributed by atoms with E-state index >= 15 is 0 Å². The number of rotatable bonds is 6. The Labute approximate surface area is 195 Å². The van der Waals surface area contributed by atoms with Crippen molar-refractivity contribution in [3.05, 3.63) is 121 Å². The van der Waals surface area contributed by atoms with E-state index in [0.29, 0.717) is 22.6 Å². The van der Waals surface area contributed by atoms with Gasteiger partial charge in [-0.15, -0.1) is 0 Å². The van der Waals surface area contributed by atoms with Crippen LogP contribution in [-0.2, 0) is 0 Å². The minimum Gasteiger partial charge on any atom is -0.459 e. The molecular weight excluding hydrogens is 428 g/mol. The molecule has 3 aromatic carbocycles. The molecule has 0 saturated heterocycles. The molecule has 5 aromatic rings. The highest BCUT2D eigenvalue weighted by Crippen LogP contribution is 2.25. The predicted octanol–water partition coefficient (Wildman–Crippen LogP) is 5.64. The Kier molecular flexibility index (Phi) is 5.73. The molecular formula is C27H20N4O3. The van der Waals surface area contributed by atoms with Gasteiger partial charge in [0.15, 0.2) is 5.76 Å². The van der Waals surface area contributed by atoms with Crippen molar-refractivity contribution < 1.29 is 14.0 Å². The summed E-state index contributed by atoms with van der Waals surface area (Å²) in [7, 11) is 0. The molecule has 0 fully saturated rings. The number of para-hydroxylation sites is 1. The molecule has 7 nitrogen and oxygen atoms in total. The molecule has 0 bridgehead atoms. The third-order valence-electron chi connectivity index (χ3n) is 5.17. The minimum atomic E-state index is -0.345. The smallest absolute Gasteiger partial charge is 0.291 e. The van der Waals surface area contributed by atoms with E-state index in [0.717, 1.165) is 11.3 Å². The summed E-state index contributed by atoms with van der Waals surface area (Å²) in [5.74, 6) is -0.405. The fourth-order valence-corrected chi connectivity index (χ4v) is 3.50. The Morgan fingerprint density at radius 1 is 0.706 bits per heavy atom. The number of nitrogens with zero attached hydrogens (tertiary/aromatic N) is 2. The quantitative estimate of drug-likeness (QED) is 0.352. The van der Waals surface area contributed by atoms with Gasteiger partial charge >= 0.3 is 0 Å². The Hall–Kier alpha value is -4.91. The summed E-state index contributed by atoms with van der Waals surface area (Å²) in [5, 5.41) is 10.4. The zero-order valence-corrected chi connectivity index (χ0v) is 18.0. The first-order valence-electron chi connectivity index (χ1n) is 10.6. The van der Waals surface area contributed by atoms with Crippen LogP contribution in [-0.4, -0.2) is 21.6 Å². The lowest BCUT2D eigenvalue weighted by atomic mass is 10.1. The standard InChI is InChI=1S/C27H20N4O3/c32-26(28-20-13-15-21(16-14-20)29-27(33)24-12-7-17-34-24)23-18-31(22-10-5-2-6-11-22)30-25(23)19-8-3-1-4-9-19/h1-18H,(H,28,32)(H,29,33). The number of aromatic nitrogens is 2. The molecule has 34 heavy (non-hydrogen) atoms. The largest absolute Gasteiger partial charge is 0.459 e. The van der Waals surface area contributed by atoms with Gasteiger partial charge in [-0.1, -0.05) is 48.5 Å². The highest BCUT2D eigenvalue weighted by Gasteiger charge is 2.19. The zero-order chi connectivity index (χ0) is 23.3. The Morgan fingerprint density at radius 3 is 1.94 bits per heavy atom. The summed E-state index contributed by atoms with van der Waals surface area (Å²) in [6, 6.07) is 29.3. The van der Waals surface area contributed by atoms with Crippen LogP contribution < -0.4 is 10.6 Å². The van der Waals surface area contributed by atoms with Crippen LogP contribution in [0.1, 0.15) is 20.9 Å². The van der Waals surface area contributed by atoms with E-state index in [9.17, 15) is 9.59 Å². The molecule has 2 heterocycles. The van der Waals surface area contributed by atoms with Crippen molar-refractivity contribution in [2.45, 2.75) is 0 Å². The van der Waals surface area contributed by atoms with Crippen LogP contribution in [0.5, 0.6) is 0 Å². The van der Waals surface area contributed by atoms with Gasteiger partial charge in [0.1, 0.15) is 5.69 Å². The number of hydrogen-bond donors (Lipinski definition) is 2. The molecule has 2 aromatic heterocycles. The molecule has 0 spiro atoms. The third-order valence-corrected chi connectivity index (χ3v) is 5.17. The first-order chi connectivity index (χ1) is 16.7. The lowest BCUT2D eigenvalue weighted by molar-refractivity contribution is 0.0994. The fourth-order valence-electron chi connectivity index (χ4n) is 3.50. The second-order valence-corrected chi connectivity index (χ2v) is 7.50. The van der Waals surface area contributed by atoms with Gasteiger partial charge in [0.2, 0.25) is 0 Å². The molecule has 2 amide bonds. The van der Waals surface area contributed by atoms with E-state index in [2.05, 4.69) is 15.7 Å². The molecule has 2 N–H and O–H groups in total. The molecule has 0 aliphatic rings. The maximum Gasteiger partial charge on any atom is 0.291 e. The number of benzene rings is 3. The van der Waals surface area contributed by atoms with Crippen LogP contribution in [0.3, 0.4) is 0 Å². The van der Waals surface area contributed by atoms with Gasteiger partial charge in [0.25, 0.3) is 11.8 Å². The van der Waals surface area contributed by atoms with E-state index in [-0.39, 0.29) is 17.6 Å². The molecule has 0 atom stereocenters. The van der Waals surface area contributed by atoms with Gasteiger partial charge in [-0.25, -0.2) is 4.68 Å². The number of carbonyl (C=O) groups excluding carboxylic acids is 2. The lowest BCUT2D eigenvalue weighted by Crippen LogP contribution is -2.13. The van der Waals surface area contributed by atoms with Crippen LogP contribution in [0, 0.1) is 0 Å². The Morgan fingerprint density at radius 2 is 1.32 bits per heavy atom. The summed E-state index contributed by atoms with van der Waals surface area (Å²) in [4.78, 5) is 25.4. The average Bonchev–Trinajstić information content (AvgIpc) is 3.57. The molecule has 166 valence electrons. The highest BCUT2D eigenvalue weighted by molar-refractivity contribution is 6.08. The second-order valence-electron chi connectivity index (χ2n) is 7.50. The van der Waals surface area contributed by atoms with E-state index in [1.807, 2.05) is 60.7 Å². The SMILES string of the molecule is O=C(Nc1ccc(NC(=O)c2cn(-c3ccccc3)nc2-c2ccccc2)cc1)c1ccco1. The van der Waals surface area contributed by atoms with E-state index in [4.69, 9.17) is 4.42 Å². The lowest BCUT2D eigenvalue weighted by Gasteiger charge is -2.07. The van der Waals surface area contributed by atoms with Crippen LogP contribution in [0.4, 0.5) is 11.4 Å². The van der Waals surface area contributed by atoms with Gasteiger partial charge in [-0.05, 0) is 48.5 Å². The molecule has 7 heteroatoms. The van der Waals surface area contributed by atoms with Crippen LogP contribution in [0.25, 0.3) is 16.9 Å². The normalized spacial score (nSPS) is 10.6. The summed E-state index contributed by atoms with van der Waals surface area (Å²) < 4.78 is 6.80. The van der Waals surface area contributed by atoms with Crippen molar-refractivity contribution in [1.82, 2.24) is 9.78 Å². The number of anilines is 2. The number of nitrogens with one attached hydrogen (secondary N) is 2. The minimum absolute atomic E-state index is 0.223. The topological polar surface area (TPSA) is 89.2 Å². The van der Waals surface area contributed by atoms with Crippen LogP contribution in [0.2, 0.25) is 0 Å². The van der Waals surface area contributed by atoms with Crippen molar-refractivity contribution in [2.24, 2.45) is 0 Å². The summed E-state index contributed by atoms with van der Waals surface area (Å²) in [5.41, 5.74) is 3.91. The molecule has 0 unspecified atom stereocenters. The number of hydrogen-bond acceptors (Lipinski definition) is 4. The van der Waals surface area contributed by atoms with Crippen LogP contribution >= 0.6 is 0 Å². The van der Waals surface area contributed by atoms with Crippen molar-refractivity contribution in [1.29, 1.82) is 0 Å². The first kappa shape index (κ1) is 21.0. The Balaban J connectivity index is 1.38. The average molecular weight is 448 g/mol. The molecule has 0 saturated carbocycles. The second kappa shape index (κ2) is 9.30. The van der Waals surface area contributed by atoms with Crippen molar-refractivity contribution in [3.63, 3.8) is 0 Å². The van der Waals surface area contributed by atoms with Gasteiger partial charge in [0, 0.05) is 23.1 Å². The van der Waals surface area contributed by atoms with E-state index < -0.39 is 0 Å². The maximum atomic E-state index is 13.2. The zero-order valence-electron chi connectivity index (χ0n) is 18.0. The first-order valence-corrected chi connectivity index (χ1v) is 10.6. The van der Waals surface area contributed by atoms with Crippen LogP contribution in [0.15, 0.2) is 114 Å². The summed E-state index contributed by atoms with van der Waals surface area (Å²) in [6.45, 7) is 0. The molecule has 0 aliphatic carbocycles. The van der Waals surface area contributed by atoms with Crippen molar-refractivity contribution >= 4 is 23.2 Å². The van der Waals surface area contributed by atoms with E-state index in [1.165, 1.54) is 6.26 Å². The monoisotopic (exact) mass is 448 g/mol. The van der Waals surface area contributed by atoms with E-state index in [1.54, 1.807) is 47.3 Å².